The number of carbonyl (C=O) groups is 4. The molecule has 0 aliphatic carbocycles. The Hall–Kier alpha value is -3.98. The summed E-state index contributed by atoms with van der Waals surface area (Å²) in [5.41, 5.74) is 6.34. The van der Waals surface area contributed by atoms with Gasteiger partial charge in [-0.3, -0.25) is 19.3 Å². The van der Waals surface area contributed by atoms with Crippen LogP contribution in [0.1, 0.15) is 48.7 Å². The van der Waals surface area contributed by atoms with Crippen molar-refractivity contribution in [1.29, 1.82) is 0 Å². The van der Waals surface area contributed by atoms with Gasteiger partial charge in [0, 0.05) is 29.3 Å². The number of carboxylic acid groups (broad SMARTS) is 1. The number of unbranched alkanes of at least 4 members (excludes halogenated alkanes) is 3. The Morgan fingerprint density at radius 3 is 2.80 bits per heavy atom. The lowest BCUT2D eigenvalue weighted by atomic mass is 10.0. The number of aromatic nitrogens is 2. The van der Waals surface area contributed by atoms with Gasteiger partial charge in [0.1, 0.15) is 29.8 Å². The standard InChI is InChI=1S/C26H31N7O6S2/c1-3-4-5-6-9-28-21(34)15-8-7-10-32(11-15)12-16-13-40-24-19(23(36)33(24)20(16)25(37)38)30-22(35)18(31-39-2)17-14-41-26(27)29-17/h7-8,10-11,14,19,24H,3-6,9,12-13H2,1-2H3,(H4-,27,28,29,30,34,35,37,38)/b31-18-/t19-,24-/m1/s1. The van der Waals surface area contributed by atoms with Gasteiger partial charge in [0.15, 0.2) is 29.8 Å². The van der Waals surface area contributed by atoms with Gasteiger partial charge in [-0.2, -0.15) is 0 Å². The van der Waals surface area contributed by atoms with Gasteiger partial charge in [-0.1, -0.05) is 31.3 Å². The zero-order valence-electron chi connectivity index (χ0n) is 22.6. The summed E-state index contributed by atoms with van der Waals surface area (Å²) in [4.78, 5) is 60.7. The average Bonchev–Trinajstić information content (AvgIpc) is 3.39. The number of aliphatic carboxylic acids is 1. The molecule has 41 heavy (non-hydrogen) atoms. The number of nitrogen functional groups attached to an aromatic ring is 1. The number of pyridine rings is 1. The molecule has 0 saturated carbocycles. The number of carboxylic acids is 1. The average molecular weight is 602 g/mol. The predicted molar refractivity (Wildman–Crippen MR) is 150 cm³/mol. The molecular formula is C26H31N7O6S2. The smallest absolute Gasteiger partial charge is 0.276 e. The number of carbonyl (C=O) groups excluding carboxylic acids is 4. The summed E-state index contributed by atoms with van der Waals surface area (Å²) in [6.45, 7) is 2.84. The van der Waals surface area contributed by atoms with E-state index in [1.807, 2.05) is 0 Å². The monoisotopic (exact) mass is 601 g/mol. The molecule has 2 aromatic rings. The number of β-lactam (4-membered cyclic amide) rings is 1. The van der Waals surface area contributed by atoms with Gasteiger partial charge < -0.3 is 31.1 Å². The molecule has 1 saturated heterocycles. The van der Waals surface area contributed by atoms with Crippen molar-refractivity contribution < 1.29 is 33.7 Å². The summed E-state index contributed by atoms with van der Waals surface area (Å²) < 4.78 is 1.70. The van der Waals surface area contributed by atoms with Crippen LogP contribution in [0.3, 0.4) is 0 Å². The molecule has 0 radical (unpaired) electrons. The molecule has 2 aromatic heterocycles. The molecule has 13 nitrogen and oxygen atoms in total. The third-order valence-electron chi connectivity index (χ3n) is 6.50. The van der Waals surface area contributed by atoms with Crippen LogP contribution in [0.5, 0.6) is 0 Å². The largest absolute Gasteiger partial charge is 0.543 e. The number of thiazole rings is 1. The number of hydrogen-bond acceptors (Lipinski definition) is 11. The van der Waals surface area contributed by atoms with Crippen LogP contribution in [0.25, 0.3) is 0 Å². The molecule has 4 heterocycles. The second-order valence-corrected chi connectivity index (χ2v) is 11.4. The van der Waals surface area contributed by atoms with Crippen LogP contribution in [-0.2, 0) is 25.8 Å². The lowest BCUT2D eigenvalue weighted by molar-refractivity contribution is -0.689. The number of nitrogens with one attached hydrogen (secondary N) is 2. The van der Waals surface area contributed by atoms with Gasteiger partial charge in [-0.15, -0.1) is 23.1 Å². The topological polar surface area (TPSA) is 183 Å². The van der Waals surface area contributed by atoms with E-state index >= 15 is 0 Å². The number of rotatable bonds is 13. The summed E-state index contributed by atoms with van der Waals surface area (Å²) in [6.07, 6.45) is 7.54. The molecule has 218 valence electrons. The molecule has 0 bridgehead atoms. The molecule has 2 aliphatic heterocycles. The van der Waals surface area contributed by atoms with Crippen molar-refractivity contribution in [3.8, 4) is 0 Å². The van der Waals surface area contributed by atoms with Gasteiger partial charge in [0.2, 0.25) is 0 Å². The van der Waals surface area contributed by atoms with Crippen molar-refractivity contribution in [2.45, 2.75) is 50.6 Å². The van der Waals surface area contributed by atoms with Gasteiger partial charge >= 0.3 is 0 Å². The fraction of sp³-hybridized carbons (Fsp3) is 0.423. The summed E-state index contributed by atoms with van der Waals surface area (Å²) in [7, 11) is 1.27. The third-order valence-corrected chi connectivity index (χ3v) is 8.51. The van der Waals surface area contributed by atoms with Crippen LogP contribution in [-0.4, -0.2) is 70.1 Å². The first-order chi connectivity index (χ1) is 19.7. The maximum absolute atomic E-state index is 13.1. The fourth-order valence-corrected chi connectivity index (χ4v) is 6.41. The maximum atomic E-state index is 13.1. The Bertz CT molecular complexity index is 1390. The Morgan fingerprint density at radius 2 is 2.12 bits per heavy atom. The lowest BCUT2D eigenvalue weighted by Crippen LogP contribution is -2.71. The number of amides is 3. The highest BCUT2D eigenvalue weighted by molar-refractivity contribution is 8.00. The highest BCUT2D eigenvalue weighted by atomic mass is 32.2. The first kappa shape index (κ1) is 30.0. The maximum Gasteiger partial charge on any atom is 0.276 e. The van der Waals surface area contributed by atoms with E-state index in [4.69, 9.17) is 10.6 Å². The van der Waals surface area contributed by atoms with E-state index in [1.54, 1.807) is 29.1 Å². The summed E-state index contributed by atoms with van der Waals surface area (Å²) in [5, 5.41) is 22.5. The first-order valence-electron chi connectivity index (χ1n) is 13.0. The number of hydrogen-bond donors (Lipinski definition) is 3. The summed E-state index contributed by atoms with van der Waals surface area (Å²) in [5.74, 6) is -2.74. The highest BCUT2D eigenvalue weighted by Gasteiger charge is 2.53. The molecule has 0 aromatic carbocycles. The minimum absolute atomic E-state index is 0.136. The quantitative estimate of drug-likeness (QED) is 0.0918. The van der Waals surface area contributed by atoms with E-state index < -0.39 is 29.2 Å². The number of fused-ring (bicyclic) bond motifs is 1. The minimum Gasteiger partial charge on any atom is -0.543 e. The lowest BCUT2D eigenvalue weighted by Gasteiger charge is -2.50. The Kier molecular flexibility index (Phi) is 9.94. The number of nitrogens with zero attached hydrogens (tertiary/aromatic N) is 4. The van der Waals surface area contributed by atoms with Crippen LogP contribution in [0.2, 0.25) is 0 Å². The van der Waals surface area contributed by atoms with Crippen molar-refractivity contribution in [1.82, 2.24) is 20.5 Å². The van der Waals surface area contributed by atoms with E-state index in [-0.39, 0.29) is 40.4 Å². The zero-order valence-corrected chi connectivity index (χ0v) is 24.3. The number of nitrogens with two attached hydrogens (primary N) is 1. The van der Waals surface area contributed by atoms with E-state index in [0.717, 1.165) is 41.9 Å². The SMILES string of the molecule is CCCCCCNC(=O)c1ccc[n+](CC2=C(C(=O)[O-])N3C(=O)[C@@H](NC(=O)/C(=N\OC)c4csc(N)n4)[C@H]3SC2)c1. The fourth-order valence-electron chi connectivity index (χ4n) is 4.53. The molecule has 0 spiro atoms. The molecule has 2 aliphatic rings. The van der Waals surface area contributed by atoms with E-state index in [1.165, 1.54) is 24.3 Å². The minimum atomic E-state index is -1.50. The zero-order chi connectivity index (χ0) is 29.5. The van der Waals surface area contributed by atoms with Crippen LogP contribution >= 0.6 is 23.1 Å². The molecule has 2 atom stereocenters. The van der Waals surface area contributed by atoms with E-state index in [9.17, 15) is 24.3 Å². The molecule has 1 fully saturated rings. The van der Waals surface area contributed by atoms with Crippen molar-refractivity contribution in [3.63, 3.8) is 0 Å². The molecule has 4 N–H and O–H groups in total. The Morgan fingerprint density at radius 1 is 1.32 bits per heavy atom. The van der Waals surface area contributed by atoms with Crippen molar-refractivity contribution in [3.05, 3.63) is 52.4 Å². The van der Waals surface area contributed by atoms with Gasteiger partial charge in [0.25, 0.3) is 17.7 Å². The second kappa shape index (κ2) is 13.6. The van der Waals surface area contributed by atoms with Crippen LogP contribution in [0.4, 0.5) is 5.13 Å². The normalized spacial score (nSPS) is 18.4. The van der Waals surface area contributed by atoms with E-state index in [2.05, 4.69) is 27.7 Å². The number of anilines is 1. The van der Waals surface area contributed by atoms with Crippen LogP contribution in [0, 0.1) is 0 Å². The van der Waals surface area contributed by atoms with Crippen LogP contribution < -0.4 is 26.0 Å². The third kappa shape index (κ3) is 6.85. The number of oxime groups is 1. The molecule has 4 rings (SSSR count). The van der Waals surface area contributed by atoms with E-state index in [0.29, 0.717) is 17.7 Å². The van der Waals surface area contributed by atoms with Crippen molar-refractivity contribution in [2.75, 3.05) is 25.1 Å². The molecule has 15 heteroatoms. The van der Waals surface area contributed by atoms with Crippen molar-refractivity contribution >= 4 is 57.6 Å². The highest BCUT2D eigenvalue weighted by Crippen LogP contribution is 2.40. The summed E-state index contributed by atoms with van der Waals surface area (Å²) in [6, 6.07) is 2.41. The molecular weight excluding hydrogens is 570 g/mol. The molecule has 0 unspecified atom stereocenters. The van der Waals surface area contributed by atoms with Gasteiger partial charge in [0.05, 0.1) is 11.7 Å². The Labute approximate surface area is 244 Å². The first-order valence-corrected chi connectivity index (χ1v) is 15.0. The predicted octanol–water partition coefficient (Wildman–Crippen LogP) is -0.222. The van der Waals surface area contributed by atoms with Crippen molar-refractivity contribution in [2.24, 2.45) is 5.16 Å². The van der Waals surface area contributed by atoms with Gasteiger partial charge in [-0.25, -0.2) is 9.55 Å². The Balaban J connectivity index is 1.45. The van der Waals surface area contributed by atoms with Crippen LogP contribution in [0.15, 0.2) is 46.3 Å². The summed E-state index contributed by atoms with van der Waals surface area (Å²) >= 11 is 2.43. The van der Waals surface area contributed by atoms with Gasteiger partial charge in [-0.05, 0) is 12.5 Å². The second-order valence-electron chi connectivity index (χ2n) is 9.38. The number of thioether (sulfide) groups is 1. The molecule has 3 amide bonds.